The number of hydrogen-bond donors (Lipinski definition) is 1. The summed E-state index contributed by atoms with van der Waals surface area (Å²) in [5.74, 6) is 0.0564. The Hall–Kier alpha value is -2.76. The Kier molecular flexibility index (Phi) is 3.59. The molecule has 0 aliphatic heterocycles. The van der Waals surface area contributed by atoms with Crippen LogP contribution in [0.4, 0.5) is 0 Å². The van der Waals surface area contributed by atoms with Gasteiger partial charge in [-0.25, -0.2) is 0 Å². The fourth-order valence-electron chi connectivity index (χ4n) is 2.14. The van der Waals surface area contributed by atoms with Crippen LogP contribution in [0, 0.1) is 0 Å². The Morgan fingerprint density at radius 2 is 2.10 bits per heavy atom. The van der Waals surface area contributed by atoms with Gasteiger partial charge in [-0.2, -0.15) is 0 Å². The molecule has 0 radical (unpaired) electrons. The van der Waals surface area contributed by atoms with Crippen molar-refractivity contribution in [2.75, 3.05) is 0 Å². The van der Waals surface area contributed by atoms with Gasteiger partial charge >= 0.3 is 5.97 Å². The highest BCUT2D eigenvalue weighted by Gasteiger charge is 2.12. The van der Waals surface area contributed by atoms with Gasteiger partial charge in [-0.1, -0.05) is 12.1 Å². The van der Waals surface area contributed by atoms with Gasteiger partial charge in [0.1, 0.15) is 0 Å². The number of aryl methyl sites for hydroxylation is 1. The number of pyridine rings is 1. The van der Waals surface area contributed by atoms with Crippen molar-refractivity contribution in [1.82, 2.24) is 15.2 Å². The number of carbonyl (C=O) groups is 1. The molecule has 2 aromatic heterocycles. The molecule has 0 aliphatic carbocycles. The molecule has 0 saturated heterocycles. The topological polar surface area (TPSA) is 89.1 Å². The van der Waals surface area contributed by atoms with Crippen LogP contribution in [0.3, 0.4) is 0 Å². The predicted octanol–water partition coefficient (Wildman–Crippen LogP) is 2.69. The minimum atomic E-state index is -0.824. The van der Waals surface area contributed by atoms with Gasteiger partial charge in [-0.05, 0) is 24.6 Å². The Labute approximate surface area is 120 Å². The van der Waals surface area contributed by atoms with Crippen molar-refractivity contribution < 1.29 is 14.3 Å². The molecule has 0 atom stereocenters. The number of benzene rings is 1. The summed E-state index contributed by atoms with van der Waals surface area (Å²) in [7, 11) is 0. The van der Waals surface area contributed by atoms with Crippen LogP contribution in [0.5, 0.6) is 0 Å². The number of carboxylic acid groups (broad SMARTS) is 1. The minimum Gasteiger partial charge on any atom is -0.481 e. The Bertz CT molecular complexity index is 777. The normalized spacial score (nSPS) is 10.9. The van der Waals surface area contributed by atoms with Gasteiger partial charge in [-0.15, -0.1) is 10.2 Å². The molecule has 1 aromatic carbocycles. The van der Waals surface area contributed by atoms with Crippen molar-refractivity contribution in [2.45, 2.75) is 19.3 Å². The lowest BCUT2D eigenvalue weighted by Gasteiger charge is -2.00. The highest BCUT2D eigenvalue weighted by Crippen LogP contribution is 2.26. The van der Waals surface area contributed by atoms with E-state index in [0.717, 1.165) is 16.5 Å². The lowest BCUT2D eigenvalue weighted by molar-refractivity contribution is -0.137. The molecule has 21 heavy (non-hydrogen) atoms. The molecule has 0 aliphatic rings. The number of fused-ring (bicyclic) bond motifs is 1. The van der Waals surface area contributed by atoms with E-state index in [1.807, 2.05) is 30.3 Å². The molecule has 3 aromatic rings. The van der Waals surface area contributed by atoms with E-state index >= 15 is 0 Å². The molecule has 6 nitrogen and oxygen atoms in total. The third-order valence-corrected chi connectivity index (χ3v) is 3.12. The summed E-state index contributed by atoms with van der Waals surface area (Å²) >= 11 is 0. The third-order valence-electron chi connectivity index (χ3n) is 3.12. The van der Waals surface area contributed by atoms with E-state index in [4.69, 9.17) is 9.52 Å². The number of aromatic nitrogens is 3. The maximum Gasteiger partial charge on any atom is 0.303 e. The maximum absolute atomic E-state index is 10.5. The van der Waals surface area contributed by atoms with Crippen LogP contribution in [-0.4, -0.2) is 26.3 Å². The summed E-state index contributed by atoms with van der Waals surface area (Å²) in [4.78, 5) is 14.8. The molecule has 0 fully saturated rings. The minimum absolute atomic E-state index is 0.0932. The van der Waals surface area contributed by atoms with Crippen molar-refractivity contribution in [3.63, 3.8) is 0 Å². The smallest absolute Gasteiger partial charge is 0.303 e. The molecule has 0 bridgehead atoms. The van der Waals surface area contributed by atoms with E-state index in [1.54, 1.807) is 6.20 Å². The Morgan fingerprint density at radius 1 is 1.19 bits per heavy atom. The Morgan fingerprint density at radius 3 is 2.95 bits per heavy atom. The summed E-state index contributed by atoms with van der Waals surface area (Å²) in [6, 6.07) is 9.52. The van der Waals surface area contributed by atoms with E-state index in [1.165, 1.54) is 0 Å². The number of carboxylic acids is 1. The van der Waals surface area contributed by atoms with Gasteiger partial charge < -0.3 is 9.52 Å². The molecule has 106 valence electrons. The zero-order valence-electron chi connectivity index (χ0n) is 11.2. The van der Waals surface area contributed by atoms with Crippen LogP contribution in [0.15, 0.2) is 40.9 Å². The molecule has 0 amide bonds. The van der Waals surface area contributed by atoms with Gasteiger partial charge in [0.05, 0.1) is 5.52 Å². The maximum atomic E-state index is 10.5. The fourth-order valence-corrected chi connectivity index (χ4v) is 2.14. The largest absolute Gasteiger partial charge is 0.481 e. The summed E-state index contributed by atoms with van der Waals surface area (Å²) in [6.45, 7) is 0. The molecule has 2 heterocycles. The lowest BCUT2D eigenvalue weighted by Crippen LogP contribution is -1.95. The first-order chi connectivity index (χ1) is 10.2. The molecule has 6 heteroatoms. The monoisotopic (exact) mass is 283 g/mol. The zero-order valence-corrected chi connectivity index (χ0v) is 11.2. The van der Waals surface area contributed by atoms with Crippen molar-refractivity contribution in [3.05, 3.63) is 42.4 Å². The first kappa shape index (κ1) is 13.2. The van der Waals surface area contributed by atoms with Crippen LogP contribution in [0.2, 0.25) is 0 Å². The highest BCUT2D eigenvalue weighted by molar-refractivity contribution is 5.92. The van der Waals surface area contributed by atoms with E-state index in [9.17, 15) is 4.79 Å². The molecule has 3 rings (SSSR count). The van der Waals surface area contributed by atoms with Crippen LogP contribution in [0.25, 0.3) is 22.4 Å². The number of hydrogen-bond acceptors (Lipinski definition) is 5. The van der Waals surface area contributed by atoms with Crippen LogP contribution >= 0.6 is 0 Å². The second-order valence-electron chi connectivity index (χ2n) is 4.62. The fraction of sp³-hybridized carbons (Fsp3) is 0.200. The molecular formula is C15H13N3O3. The summed E-state index contributed by atoms with van der Waals surface area (Å²) < 4.78 is 5.62. The van der Waals surface area contributed by atoms with Gasteiger partial charge in [-0.3, -0.25) is 9.78 Å². The van der Waals surface area contributed by atoms with Crippen LogP contribution < -0.4 is 0 Å². The second-order valence-corrected chi connectivity index (χ2v) is 4.62. The summed E-state index contributed by atoms with van der Waals surface area (Å²) in [5, 5.41) is 17.6. The first-order valence-corrected chi connectivity index (χ1v) is 6.62. The third kappa shape index (κ3) is 2.89. The van der Waals surface area contributed by atoms with Gasteiger partial charge in [0.15, 0.2) is 0 Å². The van der Waals surface area contributed by atoms with E-state index in [-0.39, 0.29) is 6.42 Å². The molecular weight excluding hydrogens is 270 g/mol. The second kappa shape index (κ2) is 5.70. The molecule has 0 saturated carbocycles. The zero-order chi connectivity index (χ0) is 14.7. The molecule has 1 N–H and O–H groups in total. The van der Waals surface area contributed by atoms with Crippen molar-refractivity contribution >= 4 is 16.9 Å². The summed E-state index contributed by atoms with van der Waals surface area (Å²) in [5.41, 5.74) is 1.69. The van der Waals surface area contributed by atoms with E-state index in [2.05, 4.69) is 15.2 Å². The number of nitrogens with zero attached hydrogens (tertiary/aromatic N) is 3. The van der Waals surface area contributed by atoms with Gasteiger partial charge in [0.25, 0.3) is 0 Å². The molecule has 0 unspecified atom stereocenters. The van der Waals surface area contributed by atoms with Crippen LogP contribution in [0.1, 0.15) is 18.7 Å². The van der Waals surface area contributed by atoms with E-state index in [0.29, 0.717) is 24.6 Å². The number of rotatable bonds is 5. The van der Waals surface area contributed by atoms with Crippen molar-refractivity contribution in [3.8, 4) is 11.5 Å². The number of aliphatic carboxylic acids is 1. The van der Waals surface area contributed by atoms with Crippen molar-refractivity contribution in [1.29, 1.82) is 0 Å². The molecule has 0 spiro atoms. The predicted molar refractivity (Wildman–Crippen MR) is 75.6 cm³/mol. The standard InChI is InChI=1S/C15H13N3O3/c19-14(20)8-2-7-13-17-18-15(21-13)11-4-1-6-12-10(11)5-3-9-16-12/h1,3-6,9H,2,7-8H2,(H,19,20). The van der Waals surface area contributed by atoms with E-state index < -0.39 is 5.97 Å². The first-order valence-electron chi connectivity index (χ1n) is 6.62. The van der Waals surface area contributed by atoms with Crippen molar-refractivity contribution in [2.24, 2.45) is 0 Å². The quantitative estimate of drug-likeness (QED) is 0.774. The average molecular weight is 283 g/mol. The highest BCUT2D eigenvalue weighted by atomic mass is 16.4. The van der Waals surface area contributed by atoms with Crippen LogP contribution in [-0.2, 0) is 11.2 Å². The SMILES string of the molecule is O=C(O)CCCc1nnc(-c2cccc3ncccc23)o1. The summed E-state index contributed by atoms with van der Waals surface area (Å²) in [6.07, 6.45) is 2.77. The van der Waals surface area contributed by atoms with Gasteiger partial charge in [0.2, 0.25) is 11.8 Å². The Balaban J connectivity index is 1.86. The lowest BCUT2D eigenvalue weighted by atomic mass is 10.1. The van der Waals surface area contributed by atoms with Gasteiger partial charge in [0, 0.05) is 30.0 Å². The average Bonchev–Trinajstić information content (AvgIpc) is 2.95.